The van der Waals surface area contributed by atoms with Gasteiger partial charge in [0.2, 0.25) is 0 Å². The zero-order valence-electron chi connectivity index (χ0n) is 12.9. The van der Waals surface area contributed by atoms with Crippen LogP contribution in [0, 0.1) is 5.82 Å². The summed E-state index contributed by atoms with van der Waals surface area (Å²) >= 11 is 0. The Morgan fingerprint density at radius 3 is 2.33 bits per heavy atom. The van der Waals surface area contributed by atoms with Crippen LogP contribution in [0.1, 0.15) is 39.2 Å². The fourth-order valence-electron chi connectivity index (χ4n) is 3.13. The van der Waals surface area contributed by atoms with E-state index in [-0.39, 0.29) is 0 Å². The second kappa shape index (κ2) is 5.23. The third-order valence-electron chi connectivity index (χ3n) is 4.38. The van der Waals surface area contributed by atoms with E-state index < -0.39 is 23.7 Å². The molecular weight excluding hydrogens is 307 g/mol. The van der Waals surface area contributed by atoms with Gasteiger partial charge in [0.05, 0.1) is 22.7 Å². The third kappa shape index (κ3) is 2.01. The lowest BCUT2D eigenvalue weighted by Gasteiger charge is -2.23. The summed E-state index contributed by atoms with van der Waals surface area (Å²) < 4.78 is 14.5. The van der Waals surface area contributed by atoms with Gasteiger partial charge in [-0.2, -0.15) is 0 Å². The molecule has 4 nitrogen and oxygen atoms in total. The molecule has 2 aromatic carbocycles. The van der Waals surface area contributed by atoms with Gasteiger partial charge in [-0.15, -0.1) is 0 Å². The van der Waals surface area contributed by atoms with Crippen molar-refractivity contribution in [2.24, 2.45) is 0 Å². The Labute approximate surface area is 137 Å². The van der Waals surface area contributed by atoms with E-state index in [1.54, 1.807) is 49.5 Å². The van der Waals surface area contributed by atoms with Gasteiger partial charge in [-0.05, 0) is 31.2 Å². The molecule has 5 heteroatoms. The van der Waals surface area contributed by atoms with Crippen LogP contribution in [0.25, 0.3) is 10.9 Å². The average Bonchev–Trinajstić information content (AvgIpc) is 2.85. The Hall–Kier alpha value is -3.08. The van der Waals surface area contributed by atoms with Gasteiger partial charge < -0.3 is 0 Å². The number of benzene rings is 2. The largest absolute Gasteiger partial charge is 0.269 e. The lowest BCUT2D eigenvalue weighted by Crippen LogP contribution is -2.33. The number of halogens is 1. The molecule has 2 heterocycles. The van der Waals surface area contributed by atoms with E-state index in [4.69, 9.17) is 0 Å². The van der Waals surface area contributed by atoms with Crippen molar-refractivity contribution in [2.75, 3.05) is 0 Å². The molecule has 0 saturated carbocycles. The van der Waals surface area contributed by atoms with E-state index in [0.717, 1.165) is 10.3 Å². The minimum atomic E-state index is -0.706. The summed E-state index contributed by atoms with van der Waals surface area (Å²) in [4.78, 5) is 30.4. The van der Waals surface area contributed by atoms with E-state index >= 15 is 0 Å². The standard InChI is InChI=1S/C19H13FN2O2/c1-11(15-9-12-5-4-8-21-17(12)10-16(15)20)22-18(23)13-6-2-3-7-14(13)19(22)24/h2-11H,1H3/t11-/m0/s1. The van der Waals surface area contributed by atoms with Crippen molar-refractivity contribution in [3.8, 4) is 0 Å². The highest BCUT2D eigenvalue weighted by Crippen LogP contribution is 2.33. The van der Waals surface area contributed by atoms with Crippen LogP contribution in [0.15, 0.2) is 54.7 Å². The molecule has 4 rings (SSSR count). The van der Waals surface area contributed by atoms with Crippen LogP contribution in [0.2, 0.25) is 0 Å². The van der Waals surface area contributed by atoms with E-state index in [2.05, 4.69) is 4.98 Å². The number of imide groups is 1. The first-order valence-corrected chi connectivity index (χ1v) is 7.59. The number of pyridine rings is 1. The molecule has 0 saturated heterocycles. The number of carbonyl (C=O) groups excluding carboxylic acids is 2. The van der Waals surface area contributed by atoms with Crippen molar-refractivity contribution in [1.29, 1.82) is 0 Å². The zero-order valence-corrected chi connectivity index (χ0v) is 12.9. The Morgan fingerprint density at radius 2 is 1.67 bits per heavy atom. The quantitative estimate of drug-likeness (QED) is 0.676. The second-order valence-corrected chi connectivity index (χ2v) is 5.77. The van der Waals surface area contributed by atoms with Crippen molar-refractivity contribution in [3.05, 3.63) is 77.2 Å². The van der Waals surface area contributed by atoms with Crippen LogP contribution >= 0.6 is 0 Å². The van der Waals surface area contributed by atoms with Crippen LogP contribution in [-0.4, -0.2) is 21.7 Å². The summed E-state index contributed by atoms with van der Waals surface area (Å²) in [5.74, 6) is -1.27. The Balaban J connectivity index is 1.80. The van der Waals surface area contributed by atoms with Gasteiger partial charge in [-0.3, -0.25) is 19.5 Å². The van der Waals surface area contributed by atoms with Crippen LogP contribution in [0.4, 0.5) is 4.39 Å². The highest BCUT2D eigenvalue weighted by molar-refractivity contribution is 6.21. The number of rotatable bonds is 2. The van der Waals surface area contributed by atoms with Gasteiger partial charge in [0, 0.05) is 23.2 Å². The Morgan fingerprint density at radius 1 is 1.00 bits per heavy atom. The molecule has 0 radical (unpaired) electrons. The lowest BCUT2D eigenvalue weighted by molar-refractivity contribution is 0.0593. The summed E-state index contributed by atoms with van der Waals surface area (Å²) in [5.41, 5.74) is 1.55. The SMILES string of the molecule is C[C@@H](c1cc2cccnc2cc1F)N1C(=O)c2ccccc2C1=O. The number of aromatic nitrogens is 1. The first-order valence-electron chi connectivity index (χ1n) is 7.59. The lowest BCUT2D eigenvalue weighted by atomic mass is 10.0. The van der Waals surface area contributed by atoms with Crippen molar-refractivity contribution in [1.82, 2.24) is 9.88 Å². The van der Waals surface area contributed by atoms with Gasteiger partial charge in [0.15, 0.2) is 0 Å². The average molecular weight is 320 g/mol. The van der Waals surface area contributed by atoms with Crippen LogP contribution in [0.5, 0.6) is 0 Å². The zero-order chi connectivity index (χ0) is 16.8. The molecule has 0 bridgehead atoms. The molecule has 0 N–H and O–H groups in total. The first kappa shape index (κ1) is 14.5. The topological polar surface area (TPSA) is 50.3 Å². The van der Waals surface area contributed by atoms with Gasteiger partial charge in [-0.25, -0.2) is 4.39 Å². The molecule has 1 atom stereocenters. The number of amides is 2. The maximum atomic E-state index is 14.5. The summed E-state index contributed by atoms with van der Waals surface area (Å²) in [6.45, 7) is 1.66. The number of carbonyl (C=O) groups is 2. The molecule has 1 aromatic heterocycles. The molecule has 0 spiro atoms. The second-order valence-electron chi connectivity index (χ2n) is 5.77. The fourth-order valence-corrected chi connectivity index (χ4v) is 3.13. The maximum absolute atomic E-state index is 14.5. The molecule has 3 aromatic rings. The Kier molecular flexibility index (Phi) is 3.16. The normalized spacial score (nSPS) is 15.0. The van der Waals surface area contributed by atoms with Crippen LogP contribution in [-0.2, 0) is 0 Å². The van der Waals surface area contributed by atoms with Crippen LogP contribution < -0.4 is 0 Å². The van der Waals surface area contributed by atoms with E-state index in [1.807, 2.05) is 6.07 Å². The first-order chi connectivity index (χ1) is 11.6. The minimum absolute atomic E-state index is 0.296. The summed E-state index contributed by atoms with van der Waals surface area (Å²) in [5, 5.41) is 0.761. The molecule has 1 aliphatic heterocycles. The van der Waals surface area contributed by atoms with E-state index in [0.29, 0.717) is 22.2 Å². The van der Waals surface area contributed by atoms with Crippen molar-refractivity contribution in [2.45, 2.75) is 13.0 Å². The molecular formula is C19H13FN2O2. The number of nitrogens with zero attached hydrogens (tertiary/aromatic N) is 2. The molecule has 118 valence electrons. The van der Waals surface area contributed by atoms with Gasteiger partial charge in [0.1, 0.15) is 5.82 Å². The molecule has 0 fully saturated rings. The number of fused-ring (bicyclic) bond motifs is 2. The third-order valence-corrected chi connectivity index (χ3v) is 4.38. The van der Waals surface area contributed by atoms with E-state index in [9.17, 15) is 14.0 Å². The van der Waals surface area contributed by atoms with Crippen molar-refractivity contribution in [3.63, 3.8) is 0 Å². The molecule has 24 heavy (non-hydrogen) atoms. The van der Waals surface area contributed by atoms with E-state index in [1.165, 1.54) is 6.07 Å². The van der Waals surface area contributed by atoms with Gasteiger partial charge in [-0.1, -0.05) is 18.2 Å². The maximum Gasteiger partial charge on any atom is 0.262 e. The summed E-state index contributed by atoms with van der Waals surface area (Å²) in [6, 6.07) is 12.5. The molecule has 0 unspecified atom stereocenters. The number of hydrogen-bond acceptors (Lipinski definition) is 3. The van der Waals surface area contributed by atoms with Crippen molar-refractivity contribution >= 4 is 22.7 Å². The summed E-state index contributed by atoms with van der Waals surface area (Å²) in [6.07, 6.45) is 1.59. The minimum Gasteiger partial charge on any atom is -0.269 e. The summed E-state index contributed by atoms with van der Waals surface area (Å²) in [7, 11) is 0. The molecule has 0 aliphatic carbocycles. The molecule has 2 amide bonds. The monoisotopic (exact) mass is 320 g/mol. The predicted molar refractivity (Wildman–Crippen MR) is 87.1 cm³/mol. The number of hydrogen-bond donors (Lipinski definition) is 0. The van der Waals surface area contributed by atoms with Gasteiger partial charge >= 0.3 is 0 Å². The fraction of sp³-hybridized carbons (Fsp3) is 0.105. The van der Waals surface area contributed by atoms with Crippen LogP contribution in [0.3, 0.4) is 0 Å². The molecule has 1 aliphatic rings. The predicted octanol–water partition coefficient (Wildman–Crippen LogP) is 3.73. The smallest absolute Gasteiger partial charge is 0.262 e. The van der Waals surface area contributed by atoms with Gasteiger partial charge in [0.25, 0.3) is 11.8 Å². The Bertz CT molecular complexity index is 965. The highest BCUT2D eigenvalue weighted by Gasteiger charge is 2.39. The van der Waals surface area contributed by atoms with Crippen molar-refractivity contribution < 1.29 is 14.0 Å². The highest BCUT2D eigenvalue weighted by atomic mass is 19.1.